The Bertz CT molecular complexity index is 508. The average molecular weight is 332 g/mol. The van der Waals surface area contributed by atoms with E-state index in [2.05, 4.69) is 5.32 Å². The lowest BCUT2D eigenvalue weighted by Crippen LogP contribution is -2.54. The molecule has 4 nitrogen and oxygen atoms in total. The Morgan fingerprint density at radius 3 is 2.09 bits per heavy atom. The van der Waals surface area contributed by atoms with E-state index in [-0.39, 0.29) is 12.1 Å². The molecule has 0 aliphatic rings. The molecule has 0 heterocycles. The molecule has 1 aromatic carbocycles. The third-order valence-corrected chi connectivity index (χ3v) is 4.45. The van der Waals surface area contributed by atoms with Crippen LogP contribution < -0.4 is 11.1 Å². The van der Waals surface area contributed by atoms with E-state index in [1.807, 2.05) is 0 Å². The predicted octanol–water partition coefficient (Wildman–Crippen LogP) is 2.32. The lowest BCUT2D eigenvalue weighted by Gasteiger charge is -2.34. The third-order valence-electron chi connectivity index (χ3n) is 4.45. The summed E-state index contributed by atoms with van der Waals surface area (Å²) in [5.74, 6) is -0.580. The monoisotopic (exact) mass is 332 g/mol. The van der Waals surface area contributed by atoms with Gasteiger partial charge in [0.2, 0.25) is 11.5 Å². The number of aliphatic hydroxyl groups is 1. The second-order valence-electron chi connectivity index (χ2n) is 5.60. The number of carbonyl (C=O) groups excluding carboxylic acids is 1. The summed E-state index contributed by atoms with van der Waals surface area (Å²) in [5.41, 5.74) is 1.23. The molecule has 23 heavy (non-hydrogen) atoms. The Labute approximate surface area is 133 Å². The van der Waals surface area contributed by atoms with Crippen molar-refractivity contribution in [2.24, 2.45) is 11.1 Å². The van der Waals surface area contributed by atoms with Crippen molar-refractivity contribution in [2.45, 2.75) is 38.5 Å². The maximum atomic E-state index is 13.4. The molecule has 0 aromatic heterocycles. The molecule has 7 heteroatoms. The zero-order chi connectivity index (χ0) is 17.7. The quantitative estimate of drug-likeness (QED) is 0.717. The highest BCUT2D eigenvalue weighted by Gasteiger charge is 2.55. The number of nitrogens with one attached hydrogen (secondary N) is 1. The van der Waals surface area contributed by atoms with Crippen LogP contribution in [0.4, 0.5) is 13.2 Å². The summed E-state index contributed by atoms with van der Waals surface area (Å²) in [6.07, 6.45) is -4.12. The van der Waals surface area contributed by atoms with Crippen molar-refractivity contribution in [1.29, 1.82) is 0 Å². The molecule has 0 saturated carbocycles. The van der Waals surface area contributed by atoms with Gasteiger partial charge in [0.15, 0.2) is 0 Å². The molecule has 4 N–H and O–H groups in total. The number of rotatable bonds is 7. The molecule has 0 saturated heterocycles. The number of nitrogens with two attached hydrogens (primary N) is 1. The third kappa shape index (κ3) is 3.84. The zero-order valence-electron chi connectivity index (χ0n) is 13.3. The topological polar surface area (TPSA) is 75.4 Å². The van der Waals surface area contributed by atoms with Crippen molar-refractivity contribution in [2.75, 3.05) is 13.1 Å². The standard InChI is InChI=1S/C16H23F3N2O2/c1-3-14(4-2,10-20)13(22)21-11-15(23,16(17,18)19)12-8-6-5-7-9-12/h5-9,23H,3-4,10-11,20H2,1-2H3,(H,21,22). The number of carbonyl (C=O) groups is 1. The summed E-state index contributed by atoms with van der Waals surface area (Å²) < 4.78 is 40.1. The fraction of sp³-hybridized carbons (Fsp3) is 0.562. The Balaban J connectivity index is 3.04. The smallest absolute Gasteiger partial charge is 0.375 e. The molecule has 0 spiro atoms. The van der Waals surface area contributed by atoms with Gasteiger partial charge < -0.3 is 16.2 Å². The SMILES string of the molecule is CCC(CC)(CN)C(=O)NCC(O)(c1ccccc1)C(F)(F)F. The Morgan fingerprint density at radius 1 is 1.17 bits per heavy atom. The van der Waals surface area contributed by atoms with Gasteiger partial charge in [-0.15, -0.1) is 0 Å². The van der Waals surface area contributed by atoms with Gasteiger partial charge in [-0.3, -0.25) is 4.79 Å². The first-order chi connectivity index (χ1) is 10.7. The molecule has 1 atom stereocenters. The summed E-state index contributed by atoms with van der Waals surface area (Å²) in [6, 6.07) is 6.70. The van der Waals surface area contributed by atoms with E-state index < -0.39 is 29.6 Å². The van der Waals surface area contributed by atoms with Gasteiger partial charge in [-0.25, -0.2) is 0 Å². The normalized spacial score (nSPS) is 15.1. The molecule has 1 aromatic rings. The minimum absolute atomic E-state index is 0.0294. The van der Waals surface area contributed by atoms with Crippen molar-refractivity contribution < 1.29 is 23.1 Å². The number of hydrogen-bond acceptors (Lipinski definition) is 3. The molecular weight excluding hydrogens is 309 g/mol. The van der Waals surface area contributed by atoms with E-state index in [1.54, 1.807) is 19.9 Å². The van der Waals surface area contributed by atoms with Crippen LogP contribution in [0.2, 0.25) is 0 Å². The maximum Gasteiger partial charge on any atom is 0.423 e. The molecule has 0 bridgehead atoms. The van der Waals surface area contributed by atoms with E-state index >= 15 is 0 Å². The van der Waals surface area contributed by atoms with Gasteiger partial charge in [0.1, 0.15) is 0 Å². The lowest BCUT2D eigenvalue weighted by molar-refractivity contribution is -0.264. The van der Waals surface area contributed by atoms with Crippen LogP contribution >= 0.6 is 0 Å². The fourth-order valence-corrected chi connectivity index (χ4v) is 2.43. The molecule has 0 aliphatic carbocycles. The molecule has 0 fully saturated rings. The summed E-state index contributed by atoms with van der Waals surface area (Å²) in [4.78, 5) is 12.3. The highest BCUT2D eigenvalue weighted by Crippen LogP contribution is 2.38. The molecule has 1 unspecified atom stereocenters. The van der Waals surface area contributed by atoms with Crippen molar-refractivity contribution in [3.05, 3.63) is 35.9 Å². The lowest BCUT2D eigenvalue weighted by atomic mass is 9.81. The molecule has 0 radical (unpaired) electrons. The minimum atomic E-state index is -4.93. The number of alkyl halides is 3. The Hall–Kier alpha value is -1.60. The van der Waals surface area contributed by atoms with Crippen LogP contribution in [0.25, 0.3) is 0 Å². The molecular formula is C16H23F3N2O2. The Morgan fingerprint density at radius 2 is 1.70 bits per heavy atom. The van der Waals surface area contributed by atoms with Gasteiger partial charge in [-0.1, -0.05) is 44.2 Å². The van der Waals surface area contributed by atoms with Crippen LogP contribution in [0.1, 0.15) is 32.3 Å². The van der Waals surface area contributed by atoms with Crippen LogP contribution in [0.15, 0.2) is 30.3 Å². The summed E-state index contributed by atoms with van der Waals surface area (Å²) in [7, 11) is 0. The van der Waals surface area contributed by atoms with Crippen LogP contribution in [0.3, 0.4) is 0 Å². The first kappa shape index (κ1) is 19.4. The average Bonchev–Trinajstić information content (AvgIpc) is 2.54. The van der Waals surface area contributed by atoms with Crippen LogP contribution in [-0.2, 0) is 10.4 Å². The van der Waals surface area contributed by atoms with Crippen LogP contribution in [0.5, 0.6) is 0 Å². The van der Waals surface area contributed by atoms with Crippen molar-refractivity contribution >= 4 is 5.91 Å². The van der Waals surface area contributed by atoms with Crippen molar-refractivity contribution in [1.82, 2.24) is 5.32 Å². The predicted molar refractivity (Wildman–Crippen MR) is 81.5 cm³/mol. The van der Waals surface area contributed by atoms with Gasteiger partial charge in [-0.2, -0.15) is 13.2 Å². The second kappa shape index (κ2) is 7.31. The van der Waals surface area contributed by atoms with Gasteiger partial charge >= 0.3 is 6.18 Å². The largest absolute Gasteiger partial charge is 0.423 e. The van der Waals surface area contributed by atoms with E-state index in [0.717, 1.165) is 0 Å². The second-order valence-corrected chi connectivity index (χ2v) is 5.60. The molecule has 0 aliphatic heterocycles. The number of halogens is 3. The van der Waals surface area contributed by atoms with E-state index in [9.17, 15) is 23.1 Å². The number of amides is 1. The molecule has 1 amide bonds. The van der Waals surface area contributed by atoms with Crippen LogP contribution in [-0.4, -0.2) is 30.3 Å². The van der Waals surface area contributed by atoms with Gasteiger partial charge in [0, 0.05) is 6.54 Å². The fourth-order valence-electron chi connectivity index (χ4n) is 2.43. The molecule has 1 rings (SSSR count). The van der Waals surface area contributed by atoms with Gasteiger partial charge in [0.25, 0.3) is 0 Å². The first-order valence-corrected chi connectivity index (χ1v) is 7.50. The zero-order valence-corrected chi connectivity index (χ0v) is 13.3. The highest BCUT2D eigenvalue weighted by molar-refractivity contribution is 5.82. The molecule has 130 valence electrons. The van der Waals surface area contributed by atoms with Gasteiger partial charge in [0.05, 0.1) is 12.0 Å². The highest BCUT2D eigenvalue weighted by atomic mass is 19.4. The van der Waals surface area contributed by atoms with Crippen molar-refractivity contribution in [3.63, 3.8) is 0 Å². The summed E-state index contributed by atoms with van der Waals surface area (Å²) >= 11 is 0. The van der Waals surface area contributed by atoms with E-state index in [1.165, 1.54) is 24.3 Å². The number of benzene rings is 1. The maximum absolute atomic E-state index is 13.4. The van der Waals surface area contributed by atoms with E-state index in [4.69, 9.17) is 5.73 Å². The Kier molecular flexibility index (Phi) is 6.18. The van der Waals surface area contributed by atoms with E-state index in [0.29, 0.717) is 12.8 Å². The van der Waals surface area contributed by atoms with Gasteiger partial charge in [-0.05, 0) is 18.4 Å². The first-order valence-electron chi connectivity index (χ1n) is 7.50. The van der Waals surface area contributed by atoms with Crippen LogP contribution in [0, 0.1) is 5.41 Å². The minimum Gasteiger partial charge on any atom is -0.375 e. The number of hydrogen-bond donors (Lipinski definition) is 3. The summed E-state index contributed by atoms with van der Waals surface area (Å²) in [5, 5.41) is 12.4. The van der Waals surface area contributed by atoms with Crippen molar-refractivity contribution in [3.8, 4) is 0 Å². The summed E-state index contributed by atoms with van der Waals surface area (Å²) in [6.45, 7) is 2.58.